The summed E-state index contributed by atoms with van der Waals surface area (Å²) >= 11 is 0. The molecule has 4 heteroatoms. The smallest absolute Gasteiger partial charge is 0.0780 e. The minimum Gasteiger partial charge on any atom is -0.339 e. The Morgan fingerprint density at radius 2 is 1.59 bits per heavy atom. The second-order valence-electron chi connectivity index (χ2n) is 8.32. The maximum Gasteiger partial charge on any atom is 0.0780 e. The highest BCUT2D eigenvalue weighted by Gasteiger charge is 2.16. The molecule has 0 amide bonds. The lowest BCUT2D eigenvalue weighted by Gasteiger charge is -2.29. The average Bonchev–Trinajstić information content (AvgIpc) is 2.92. The van der Waals surface area contributed by atoms with Gasteiger partial charge in [0.15, 0.2) is 0 Å². The monoisotopic (exact) mass is 442 g/mol. The summed E-state index contributed by atoms with van der Waals surface area (Å²) in [5.41, 5.74) is 7.63. The normalized spacial score (nSPS) is 12.5. The Kier molecular flexibility index (Phi) is 6.13. The highest BCUT2D eigenvalue weighted by atomic mass is 15.1. The van der Waals surface area contributed by atoms with Crippen molar-refractivity contribution < 1.29 is 0 Å². The number of allylic oxidation sites excluding steroid dienone is 1. The first-order valence-electron chi connectivity index (χ1n) is 11.4. The van der Waals surface area contributed by atoms with Crippen molar-refractivity contribution in [2.24, 2.45) is 0 Å². The van der Waals surface area contributed by atoms with E-state index in [0.717, 1.165) is 39.0 Å². The van der Waals surface area contributed by atoms with Crippen molar-refractivity contribution in [2.45, 2.75) is 19.9 Å². The van der Waals surface area contributed by atoms with Crippen LogP contribution in [0.2, 0.25) is 0 Å². The molecule has 0 N–H and O–H groups in total. The molecule has 34 heavy (non-hydrogen) atoms. The van der Waals surface area contributed by atoms with Crippen LogP contribution in [0, 0.1) is 0 Å². The van der Waals surface area contributed by atoms with Crippen molar-refractivity contribution in [3.05, 3.63) is 127 Å². The quantitative estimate of drug-likeness (QED) is 0.276. The molecule has 5 aromatic rings. The third-order valence-electron chi connectivity index (χ3n) is 6.10. The lowest BCUT2D eigenvalue weighted by atomic mass is 9.98. The maximum absolute atomic E-state index is 4.62. The summed E-state index contributed by atoms with van der Waals surface area (Å²) in [5.74, 6) is 0. The molecule has 1 unspecified atom stereocenters. The van der Waals surface area contributed by atoms with Gasteiger partial charge in [0.2, 0.25) is 0 Å². The number of pyridine rings is 3. The predicted octanol–water partition coefficient (Wildman–Crippen LogP) is 7.32. The Labute approximate surface area is 200 Å². The number of aromatic nitrogens is 3. The molecule has 0 saturated carbocycles. The van der Waals surface area contributed by atoms with E-state index in [1.54, 1.807) is 6.20 Å². The molecule has 0 saturated heterocycles. The van der Waals surface area contributed by atoms with Gasteiger partial charge in [0.25, 0.3) is 0 Å². The summed E-state index contributed by atoms with van der Waals surface area (Å²) in [7, 11) is 0. The van der Waals surface area contributed by atoms with E-state index in [-0.39, 0.29) is 6.04 Å². The van der Waals surface area contributed by atoms with Crippen molar-refractivity contribution in [1.29, 1.82) is 0 Å². The van der Waals surface area contributed by atoms with E-state index < -0.39 is 0 Å². The molecule has 0 aliphatic heterocycles. The maximum atomic E-state index is 4.62. The molecule has 3 aromatic heterocycles. The third-order valence-corrected chi connectivity index (χ3v) is 6.10. The molecule has 0 fully saturated rings. The zero-order chi connectivity index (χ0) is 23.3. The van der Waals surface area contributed by atoms with Crippen molar-refractivity contribution in [2.75, 3.05) is 4.90 Å². The topological polar surface area (TPSA) is 41.9 Å². The average molecular weight is 443 g/mol. The minimum absolute atomic E-state index is 0.0996. The van der Waals surface area contributed by atoms with Crippen molar-refractivity contribution in [3.63, 3.8) is 0 Å². The van der Waals surface area contributed by atoms with Crippen LogP contribution in [0.4, 0.5) is 5.69 Å². The molecule has 2 aromatic carbocycles. The SMILES string of the molecule is C/C(=C\N(c1cccnc1)C(C)c1ccc(-c2cccc3cccnc23)cc1)c1ccccn1. The van der Waals surface area contributed by atoms with Crippen LogP contribution in [0.15, 0.2) is 116 Å². The second kappa shape index (κ2) is 9.67. The van der Waals surface area contributed by atoms with E-state index in [4.69, 9.17) is 0 Å². The summed E-state index contributed by atoms with van der Waals surface area (Å²) in [4.78, 5) is 15.7. The standard InChI is InChI=1S/C30H26N4/c1-22(29-12-3-4-18-32-29)21-34(27-10-7-17-31-20-27)23(2)24-13-15-25(16-14-24)28-11-5-8-26-9-6-19-33-30(26)28/h3-21,23H,1-2H3/b22-21+. The molecule has 166 valence electrons. The van der Waals surface area contributed by atoms with Gasteiger partial charge in [0.1, 0.15) is 0 Å². The van der Waals surface area contributed by atoms with Gasteiger partial charge in [-0.05, 0) is 60.9 Å². The van der Waals surface area contributed by atoms with Crippen LogP contribution in [-0.2, 0) is 0 Å². The number of fused-ring (bicyclic) bond motifs is 1. The fourth-order valence-electron chi connectivity index (χ4n) is 4.23. The minimum atomic E-state index is 0.0996. The molecular weight excluding hydrogens is 416 g/mol. The van der Waals surface area contributed by atoms with Gasteiger partial charge in [-0.1, -0.05) is 54.6 Å². The van der Waals surface area contributed by atoms with Gasteiger partial charge < -0.3 is 4.90 Å². The number of para-hydroxylation sites is 1. The van der Waals surface area contributed by atoms with Gasteiger partial charge in [-0.15, -0.1) is 0 Å². The zero-order valence-corrected chi connectivity index (χ0v) is 19.3. The van der Waals surface area contributed by atoms with Gasteiger partial charge in [0.05, 0.1) is 29.1 Å². The highest BCUT2D eigenvalue weighted by Crippen LogP contribution is 2.32. The molecule has 1 atom stereocenters. The number of anilines is 1. The Hall–Kier alpha value is -4.31. The fraction of sp³-hybridized carbons (Fsp3) is 0.100. The number of nitrogens with zero attached hydrogens (tertiary/aromatic N) is 4. The predicted molar refractivity (Wildman–Crippen MR) is 140 cm³/mol. The Morgan fingerprint density at radius 1 is 0.794 bits per heavy atom. The molecule has 4 nitrogen and oxygen atoms in total. The van der Waals surface area contributed by atoms with Crippen LogP contribution in [0.25, 0.3) is 27.6 Å². The Morgan fingerprint density at radius 3 is 2.35 bits per heavy atom. The molecule has 0 bridgehead atoms. The lowest BCUT2D eigenvalue weighted by molar-refractivity contribution is 0.766. The molecule has 0 spiro atoms. The number of hydrogen-bond acceptors (Lipinski definition) is 4. The van der Waals surface area contributed by atoms with Crippen LogP contribution in [-0.4, -0.2) is 15.0 Å². The highest BCUT2D eigenvalue weighted by molar-refractivity contribution is 5.93. The van der Waals surface area contributed by atoms with Crippen molar-refractivity contribution >= 4 is 22.2 Å². The molecular formula is C30H26N4. The summed E-state index contributed by atoms with van der Waals surface area (Å²) in [6.07, 6.45) is 9.53. The largest absolute Gasteiger partial charge is 0.339 e. The van der Waals surface area contributed by atoms with Crippen LogP contribution in [0.1, 0.15) is 31.1 Å². The first-order valence-corrected chi connectivity index (χ1v) is 11.4. The molecule has 0 radical (unpaired) electrons. The molecule has 0 aliphatic rings. The van der Waals surface area contributed by atoms with E-state index in [1.807, 2.05) is 48.9 Å². The zero-order valence-electron chi connectivity index (χ0n) is 19.3. The lowest BCUT2D eigenvalue weighted by Crippen LogP contribution is -2.21. The van der Waals surface area contributed by atoms with Gasteiger partial charge in [-0.2, -0.15) is 0 Å². The van der Waals surface area contributed by atoms with E-state index in [2.05, 4.69) is 94.5 Å². The van der Waals surface area contributed by atoms with Gasteiger partial charge in [-0.3, -0.25) is 15.0 Å². The van der Waals surface area contributed by atoms with Crippen molar-refractivity contribution in [1.82, 2.24) is 15.0 Å². The van der Waals surface area contributed by atoms with Gasteiger partial charge >= 0.3 is 0 Å². The summed E-state index contributed by atoms with van der Waals surface area (Å²) in [6.45, 7) is 4.30. The van der Waals surface area contributed by atoms with Gasteiger partial charge in [0, 0.05) is 35.7 Å². The van der Waals surface area contributed by atoms with Crippen molar-refractivity contribution in [3.8, 4) is 11.1 Å². The van der Waals surface area contributed by atoms with Crippen LogP contribution in [0.5, 0.6) is 0 Å². The Bertz CT molecular complexity index is 1410. The van der Waals surface area contributed by atoms with E-state index in [1.165, 1.54) is 5.56 Å². The van der Waals surface area contributed by atoms with Crippen LogP contribution in [0.3, 0.4) is 0 Å². The number of rotatable bonds is 6. The summed E-state index contributed by atoms with van der Waals surface area (Å²) in [5, 5.41) is 1.15. The molecule has 3 heterocycles. The summed E-state index contributed by atoms with van der Waals surface area (Å²) < 4.78 is 0. The summed E-state index contributed by atoms with van der Waals surface area (Å²) in [6, 6.07) is 29.3. The van der Waals surface area contributed by atoms with E-state index >= 15 is 0 Å². The van der Waals surface area contributed by atoms with E-state index in [9.17, 15) is 0 Å². The molecule has 5 rings (SSSR count). The molecule has 0 aliphatic carbocycles. The van der Waals surface area contributed by atoms with Gasteiger partial charge in [-0.25, -0.2) is 0 Å². The van der Waals surface area contributed by atoms with Crippen LogP contribution >= 0.6 is 0 Å². The van der Waals surface area contributed by atoms with E-state index in [0.29, 0.717) is 0 Å². The fourth-order valence-corrected chi connectivity index (χ4v) is 4.23. The van der Waals surface area contributed by atoms with Crippen LogP contribution < -0.4 is 4.90 Å². The first kappa shape index (κ1) is 21.5. The number of hydrogen-bond donors (Lipinski definition) is 0. The second-order valence-corrected chi connectivity index (χ2v) is 8.32. The Balaban J connectivity index is 1.50. The first-order chi connectivity index (χ1) is 16.7. The third kappa shape index (κ3) is 4.44. The number of benzene rings is 2.